The first kappa shape index (κ1) is 12.4. The van der Waals surface area contributed by atoms with Gasteiger partial charge in [0.25, 0.3) is 0 Å². The second-order valence-electron chi connectivity index (χ2n) is 4.99. The van der Waals surface area contributed by atoms with E-state index in [0.29, 0.717) is 6.54 Å². The Balaban J connectivity index is 2.47. The number of rotatable bonds is 1. The highest BCUT2D eigenvalue weighted by Crippen LogP contribution is 2.39. The van der Waals surface area contributed by atoms with E-state index in [1.54, 1.807) is 6.07 Å². The second-order valence-corrected chi connectivity index (χ2v) is 4.99. The molecule has 0 amide bonds. The van der Waals surface area contributed by atoms with Gasteiger partial charge in [-0.2, -0.15) is 13.2 Å². The Labute approximate surface area is 98.8 Å². The van der Waals surface area contributed by atoms with Crippen molar-refractivity contribution in [3.8, 4) is 0 Å². The molecule has 0 spiro atoms. The van der Waals surface area contributed by atoms with Gasteiger partial charge >= 0.3 is 6.18 Å². The van der Waals surface area contributed by atoms with Crippen LogP contribution in [-0.4, -0.2) is 6.54 Å². The minimum atomic E-state index is -4.26. The molecule has 0 radical (unpaired) electrons. The molecule has 1 nitrogen and oxygen atoms in total. The van der Waals surface area contributed by atoms with Crippen LogP contribution in [0.25, 0.3) is 0 Å². The fraction of sp³-hybridized carbons (Fsp3) is 0.538. The summed E-state index contributed by atoms with van der Waals surface area (Å²) in [6, 6.07) is 4.05. The van der Waals surface area contributed by atoms with Gasteiger partial charge in [0.05, 0.1) is 5.56 Å². The maximum Gasteiger partial charge on any atom is 0.416 e. The molecular formula is C13H16F3N. The summed E-state index contributed by atoms with van der Waals surface area (Å²) in [5.74, 6) is 0. The summed E-state index contributed by atoms with van der Waals surface area (Å²) >= 11 is 0. The van der Waals surface area contributed by atoms with Crippen molar-refractivity contribution in [3.05, 3.63) is 34.9 Å². The van der Waals surface area contributed by atoms with E-state index in [1.807, 2.05) is 6.92 Å². The van der Waals surface area contributed by atoms with Crippen molar-refractivity contribution in [2.45, 2.75) is 37.8 Å². The van der Waals surface area contributed by atoms with Crippen molar-refractivity contribution in [1.29, 1.82) is 0 Å². The van der Waals surface area contributed by atoms with Crippen molar-refractivity contribution in [3.63, 3.8) is 0 Å². The topological polar surface area (TPSA) is 26.0 Å². The summed E-state index contributed by atoms with van der Waals surface area (Å²) in [6.07, 6.45) is -1.69. The van der Waals surface area contributed by atoms with Gasteiger partial charge in [-0.1, -0.05) is 13.0 Å². The predicted molar refractivity (Wildman–Crippen MR) is 60.8 cm³/mol. The summed E-state index contributed by atoms with van der Waals surface area (Å²) in [6.45, 7) is 2.50. The van der Waals surface area contributed by atoms with E-state index in [4.69, 9.17) is 5.73 Å². The average Bonchev–Trinajstić information content (AvgIpc) is 2.28. The summed E-state index contributed by atoms with van der Waals surface area (Å²) in [5.41, 5.74) is 6.82. The van der Waals surface area contributed by atoms with Crippen LogP contribution in [0.5, 0.6) is 0 Å². The largest absolute Gasteiger partial charge is 0.416 e. The fourth-order valence-electron chi connectivity index (χ4n) is 2.58. The van der Waals surface area contributed by atoms with Gasteiger partial charge in [0.2, 0.25) is 0 Å². The van der Waals surface area contributed by atoms with Gasteiger partial charge in [0, 0.05) is 12.0 Å². The number of aryl methyl sites for hydroxylation is 1. The van der Waals surface area contributed by atoms with Crippen LogP contribution < -0.4 is 5.73 Å². The number of hydrogen-bond acceptors (Lipinski definition) is 1. The van der Waals surface area contributed by atoms with Crippen LogP contribution in [0.15, 0.2) is 18.2 Å². The van der Waals surface area contributed by atoms with Crippen molar-refractivity contribution in [2.24, 2.45) is 5.73 Å². The van der Waals surface area contributed by atoms with Gasteiger partial charge in [-0.25, -0.2) is 0 Å². The number of alkyl halides is 3. The highest BCUT2D eigenvalue weighted by atomic mass is 19.4. The normalized spacial score (nSPS) is 24.5. The molecule has 1 aliphatic rings. The van der Waals surface area contributed by atoms with Gasteiger partial charge < -0.3 is 5.73 Å². The molecule has 1 aromatic rings. The lowest BCUT2D eigenvalue weighted by Crippen LogP contribution is -2.35. The van der Waals surface area contributed by atoms with Crippen LogP contribution in [0.3, 0.4) is 0 Å². The predicted octanol–water partition coefficient (Wildman–Crippen LogP) is 3.26. The Bertz CT molecular complexity index is 425. The molecule has 2 rings (SSSR count). The fourth-order valence-corrected chi connectivity index (χ4v) is 2.58. The van der Waals surface area contributed by atoms with E-state index in [1.165, 1.54) is 6.07 Å². The molecule has 1 atom stereocenters. The van der Waals surface area contributed by atoms with Crippen LogP contribution in [-0.2, 0) is 18.0 Å². The molecule has 0 fully saturated rings. The summed E-state index contributed by atoms with van der Waals surface area (Å²) in [4.78, 5) is 0. The lowest BCUT2D eigenvalue weighted by atomic mass is 9.71. The van der Waals surface area contributed by atoms with Crippen LogP contribution in [0.2, 0.25) is 0 Å². The lowest BCUT2D eigenvalue weighted by molar-refractivity contribution is -0.137. The molecule has 1 unspecified atom stereocenters. The van der Waals surface area contributed by atoms with E-state index in [9.17, 15) is 13.2 Å². The smallest absolute Gasteiger partial charge is 0.330 e. The second kappa shape index (κ2) is 4.02. The highest BCUT2D eigenvalue weighted by molar-refractivity contribution is 5.40. The quantitative estimate of drug-likeness (QED) is 0.805. The Morgan fingerprint density at radius 1 is 1.35 bits per heavy atom. The standard InChI is InChI=1S/C13H16F3N/c1-12(8-17)6-2-3-9-7-10(13(14,15)16)4-5-11(9)12/h4-5,7H,2-3,6,8,17H2,1H3. The van der Waals surface area contributed by atoms with Gasteiger partial charge in [-0.05, 0) is 42.5 Å². The number of benzene rings is 1. The molecule has 0 saturated heterocycles. The Morgan fingerprint density at radius 2 is 2.06 bits per heavy atom. The molecule has 0 bridgehead atoms. The third-order valence-electron chi connectivity index (χ3n) is 3.71. The third-order valence-corrected chi connectivity index (χ3v) is 3.71. The average molecular weight is 243 g/mol. The first-order valence-electron chi connectivity index (χ1n) is 5.77. The van der Waals surface area contributed by atoms with Crippen molar-refractivity contribution < 1.29 is 13.2 Å². The minimum Gasteiger partial charge on any atom is -0.330 e. The third kappa shape index (κ3) is 2.18. The van der Waals surface area contributed by atoms with Crippen LogP contribution in [0, 0.1) is 0 Å². The molecule has 0 saturated carbocycles. The number of hydrogen-bond donors (Lipinski definition) is 1. The zero-order valence-electron chi connectivity index (χ0n) is 9.77. The summed E-state index contributed by atoms with van der Waals surface area (Å²) in [7, 11) is 0. The van der Waals surface area contributed by atoms with Crippen LogP contribution in [0.1, 0.15) is 36.5 Å². The first-order valence-corrected chi connectivity index (χ1v) is 5.77. The molecule has 1 aromatic carbocycles. The van der Waals surface area contributed by atoms with E-state index >= 15 is 0 Å². The Hall–Kier alpha value is -1.03. The molecule has 17 heavy (non-hydrogen) atoms. The van der Waals surface area contributed by atoms with Gasteiger partial charge in [0.1, 0.15) is 0 Å². The maximum absolute atomic E-state index is 12.6. The molecule has 0 aromatic heterocycles. The molecular weight excluding hydrogens is 227 g/mol. The lowest BCUT2D eigenvalue weighted by Gasteiger charge is -2.35. The minimum absolute atomic E-state index is 0.169. The highest BCUT2D eigenvalue weighted by Gasteiger charge is 2.35. The van der Waals surface area contributed by atoms with Crippen LogP contribution >= 0.6 is 0 Å². The molecule has 0 aliphatic heterocycles. The summed E-state index contributed by atoms with van der Waals surface area (Å²) < 4.78 is 37.8. The summed E-state index contributed by atoms with van der Waals surface area (Å²) in [5, 5.41) is 0. The zero-order valence-corrected chi connectivity index (χ0v) is 9.77. The van der Waals surface area contributed by atoms with Crippen molar-refractivity contribution in [2.75, 3.05) is 6.54 Å². The maximum atomic E-state index is 12.6. The number of nitrogens with two attached hydrogens (primary N) is 1. The van der Waals surface area contributed by atoms with E-state index < -0.39 is 11.7 Å². The monoisotopic (exact) mass is 243 g/mol. The van der Waals surface area contributed by atoms with Gasteiger partial charge in [0.15, 0.2) is 0 Å². The van der Waals surface area contributed by atoms with Crippen molar-refractivity contribution >= 4 is 0 Å². The van der Waals surface area contributed by atoms with Crippen LogP contribution in [0.4, 0.5) is 13.2 Å². The molecule has 4 heteroatoms. The molecule has 94 valence electrons. The SMILES string of the molecule is CC1(CN)CCCc2cc(C(F)(F)F)ccc21. The Morgan fingerprint density at radius 3 is 2.65 bits per heavy atom. The van der Waals surface area contributed by atoms with Gasteiger partial charge in [-0.15, -0.1) is 0 Å². The number of halogens is 3. The molecule has 2 N–H and O–H groups in total. The van der Waals surface area contributed by atoms with E-state index in [0.717, 1.165) is 36.5 Å². The van der Waals surface area contributed by atoms with Crippen molar-refractivity contribution in [1.82, 2.24) is 0 Å². The zero-order chi connectivity index (χ0) is 12.7. The van der Waals surface area contributed by atoms with E-state index in [2.05, 4.69) is 0 Å². The van der Waals surface area contributed by atoms with E-state index in [-0.39, 0.29) is 5.41 Å². The molecule has 1 aliphatic carbocycles. The molecule has 0 heterocycles. The Kier molecular flexibility index (Phi) is 2.94. The van der Waals surface area contributed by atoms with Gasteiger partial charge in [-0.3, -0.25) is 0 Å². The number of fused-ring (bicyclic) bond motifs is 1. The first-order chi connectivity index (χ1) is 7.87.